The fraction of sp³-hybridized carbons (Fsp3) is 0.389. The van der Waals surface area contributed by atoms with Crippen LogP contribution in [0.4, 0.5) is 13.2 Å². The average Bonchev–Trinajstić information content (AvgIpc) is 2.85. The van der Waals surface area contributed by atoms with E-state index in [1.165, 1.54) is 0 Å². The number of carbonyl (C=O) groups is 1. The number of alkyl halides is 3. The number of para-hydroxylation sites is 1. The van der Waals surface area contributed by atoms with Crippen LogP contribution in [0.15, 0.2) is 36.4 Å². The second-order valence-electron chi connectivity index (χ2n) is 5.73. The molecule has 0 saturated heterocycles. The summed E-state index contributed by atoms with van der Waals surface area (Å²) in [6.07, 6.45) is -4.00. The van der Waals surface area contributed by atoms with Crippen LogP contribution in [0.25, 0.3) is 5.69 Å². The van der Waals surface area contributed by atoms with E-state index in [1.54, 1.807) is 6.07 Å². The largest absolute Gasteiger partial charge is 0.411 e. The molecule has 2 rings (SSSR count). The van der Waals surface area contributed by atoms with E-state index in [-0.39, 0.29) is 19.1 Å². The van der Waals surface area contributed by atoms with Crippen molar-refractivity contribution in [3.63, 3.8) is 0 Å². The third-order valence-corrected chi connectivity index (χ3v) is 3.71. The van der Waals surface area contributed by atoms with E-state index < -0.39 is 12.8 Å². The van der Waals surface area contributed by atoms with Crippen molar-refractivity contribution in [2.24, 2.45) is 0 Å². The van der Waals surface area contributed by atoms with Crippen LogP contribution >= 0.6 is 0 Å². The molecule has 1 N–H and O–H groups in total. The van der Waals surface area contributed by atoms with Crippen molar-refractivity contribution < 1.29 is 22.7 Å². The van der Waals surface area contributed by atoms with Gasteiger partial charge in [-0.25, -0.2) is 0 Å². The number of aryl methyl sites for hydroxylation is 1. The molecule has 25 heavy (non-hydrogen) atoms. The van der Waals surface area contributed by atoms with E-state index in [9.17, 15) is 18.0 Å². The highest BCUT2D eigenvalue weighted by molar-refractivity contribution is 5.95. The molecule has 1 heterocycles. The van der Waals surface area contributed by atoms with Crippen molar-refractivity contribution in [1.29, 1.82) is 0 Å². The van der Waals surface area contributed by atoms with E-state index in [1.807, 2.05) is 48.7 Å². The zero-order valence-corrected chi connectivity index (χ0v) is 14.2. The fourth-order valence-corrected chi connectivity index (χ4v) is 2.63. The van der Waals surface area contributed by atoms with Crippen LogP contribution in [-0.2, 0) is 4.74 Å². The summed E-state index contributed by atoms with van der Waals surface area (Å²) in [6, 6.07) is 11.5. The summed E-state index contributed by atoms with van der Waals surface area (Å²) < 4.78 is 42.3. The highest BCUT2D eigenvalue weighted by atomic mass is 19.4. The minimum atomic E-state index is -4.32. The Bertz CT molecular complexity index is 709. The Kier molecular flexibility index (Phi) is 6.25. The first-order valence-corrected chi connectivity index (χ1v) is 7.96. The summed E-state index contributed by atoms with van der Waals surface area (Å²) in [4.78, 5) is 12.3. The third-order valence-electron chi connectivity index (χ3n) is 3.71. The monoisotopic (exact) mass is 354 g/mol. The molecule has 0 unspecified atom stereocenters. The smallest absolute Gasteiger partial charge is 0.372 e. The Morgan fingerprint density at radius 1 is 1.20 bits per heavy atom. The van der Waals surface area contributed by atoms with Crippen LogP contribution in [0.1, 0.15) is 28.2 Å². The molecule has 4 nitrogen and oxygen atoms in total. The molecule has 0 saturated carbocycles. The number of benzene rings is 1. The van der Waals surface area contributed by atoms with Gasteiger partial charge in [0.2, 0.25) is 0 Å². The molecule has 0 aliphatic rings. The molecule has 0 fully saturated rings. The van der Waals surface area contributed by atoms with Crippen LogP contribution in [0.5, 0.6) is 0 Å². The number of amides is 1. The molecule has 1 aromatic heterocycles. The standard InChI is InChI=1S/C18H21F3N2O2/c1-13-11-16(14(2)23(13)15-7-4-3-5-8-15)17(24)22-9-6-10-25-12-18(19,20)21/h3-5,7-8,11H,6,9-10,12H2,1-2H3,(H,22,24). The van der Waals surface area contributed by atoms with Gasteiger partial charge < -0.3 is 14.6 Å². The van der Waals surface area contributed by atoms with Crippen LogP contribution in [0, 0.1) is 13.8 Å². The van der Waals surface area contributed by atoms with E-state index in [2.05, 4.69) is 10.1 Å². The van der Waals surface area contributed by atoms with Gasteiger partial charge in [-0.2, -0.15) is 13.2 Å². The molecule has 2 aromatic rings. The SMILES string of the molecule is Cc1cc(C(=O)NCCCOCC(F)(F)F)c(C)n1-c1ccccc1. The van der Waals surface area contributed by atoms with Crippen LogP contribution < -0.4 is 5.32 Å². The molecule has 0 atom stereocenters. The van der Waals surface area contributed by atoms with Gasteiger partial charge in [0.15, 0.2) is 0 Å². The lowest BCUT2D eigenvalue weighted by atomic mass is 10.2. The van der Waals surface area contributed by atoms with Gasteiger partial charge in [-0.05, 0) is 38.5 Å². The predicted octanol–water partition coefficient (Wildman–Crippen LogP) is 3.79. The Morgan fingerprint density at radius 3 is 2.52 bits per heavy atom. The Balaban J connectivity index is 1.91. The number of hydrogen-bond acceptors (Lipinski definition) is 2. The number of aromatic nitrogens is 1. The topological polar surface area (TPSA) is 43.3 Å². The third kappa shape index (κ3) is 5.35. The van der Waals surface area contributed by atoms with Crippen molar-refractivity contribution in [3.8, 4) is 5.69 Å². The maximum Gasteiger partial charge on any atom is 0.411 e. The van der Waals surface area contributed by atoms with Gasteiger partial charge in [0.05, 0.1) is 5.56 Å². The second kappa shape index (κ2) is 8.20. The Hall–Kier alpha value is -2.28. The maximum atomic E-state index is 12.3. The van der Waals surface area contributed by atoms with Gasteiger partial charge in [0.1, 0.15) is 6.61 Å². The summed E-state index contributed by atoms with van der Waals surface area (Å²) in [7, 11) is 0. The first kappa shape index (κ1) is 19.1. The molecule has 1 aromatic carbocycles. The average molecular weight is 354 g/mol. The molecular formula is C18H21F3N2O2. The van der Waals surface area contributed by atoms with E-state index in [0.717, 1.165) is 17.1 Å². The molecule has 136 valence electrons. The van der Waals surface area contributed by atoms with Crippen molar-refractivity contribution in [3.05, 3.63) is 53.3 Å². The summed E-state index contributed by atoms with van der Waals surface area (Å²) >= 11 is 0. The molecule has 1 amide bonds. The van der Waals surface area contributed by atoms with Crippen LogP contribution in [0.2, 0.25) is 0 Å². The molecular weight excluding hydrogens is 333 g/mol. The van der Waals surface area contributed by atoms with Gasteiger partial charge in [-0.3, -0.25) is 4.79 Å². The van der Waals surface area contributed by atoms with Gasteiger partial charge in [0.25, 0.3) is 5.91 Å². The van der Waals surface area contributed by atoms with Gasteiger partial charge in [0, 0.05) is 30.2 Å². The summed E-state index contributed by atoms with van der Waals surface area (Å²) in [5.41, 5.74) is 3.27. The lowest BCUT2D eigenvalue weighted by molar-refractivity contribution is -0.173. The molecule has 0 radical (unpaired) electrons. The summed E-state index contributed by atoms with van der Waals surface area (Å²) in [5.74, 6) is -0.244. The van der Waals surface area contributed by atoms with Crippen LogP contribution in [0.3, 0.4) is 0 Å². The van der Waals surface area contributed by atoms with Crippen molar-refractivity contribution in [2.45, 2.75) is 26.4 Å². The number of nitrogens with zero attached hydrogens (tertiary/aromatic N) is 1. The highest BCUT2D eigenvalue weighted by Gasteiger charge is 2.27. The number of carbonyl (C=O) groups excluding carboxylic acids is 1. The van der Waals surface area contributed by atoms with Crippen molar-refractivity contribution in [2.75, 3.05) is 19.8 Å². The molecule has 0 spiro atoms. The maximum absolute atomic E-state index is 12.3. The number of rotatable bonds is 7. The van der Waals surface area contributed by atoms with Crippen molar-refractivity contribution in [1.82, 2.24) is 9.88 Å². The molecule has 0 bridgehead atoms. The number of hydrogen-bond donors (Lipinski definition) is 1. The summed E-state index contributed by atoms with van der Waals surface area (Å²) in [5, 5.41) is 2.72. The minimum Gasteiger partial charge on any atom is -0.372 e. The van der Waals surface area contributed by atoms with Gasteiger partial charge in [-0.15, -0.1) is 0 Å². The molecule has 0 aliphatic carbocycles. The Morgan fingerprint density at radius 2 is 1.88 bits per heavy atom. The first-order valence-electron chi connectivity index (χ1n) is 7.96. The zero-order chi connectivity index (χ0) is 18.4. The zero-order valence-electron chi connectivity index (χ0n) is 14.2. The minimum absolute atomic E-state index is 0.0528. The normalized spacial score (nSPS) is 11.6. The molecule has 7 heteroatoms. The van der Waals surface area contributed by atoms with Gasteiger partial charge >= 0.3 is 6.18 Å². The number of ether oxygens (including phenoxy) is 1. The lowest BCUT2D eigenvalue weighted by Gasteiger charge is -2.10. The summed E-state index contributed by atoms with van der Waals surface area (Å²) in [6.45, 7) is 2.72. The number of nitrogens with one attached hydrogen (secondary N) is 1. The fourth-order valence-electron chi connectivity index (χ4n) is 2.63. The quantitative estimate of drug-likeness (QED) is 0.769. The molecule has 0 aliphatic heterocycles. The van der Waals surface area contributed by atoms with E-state index in [4.69, 9.17) is 0 Å². The van der Waals surface area contributed by atoms with Gasteiger partial charge in [-0.1, -0.05) is 18.2 Å². The predicted molar refractivity (Wildman–Crippen MR) is 89.1 cm³/mol. The van der Waals surface area contributed by atoms with Crippen LogP contribution in [-0.4, -0.2) is 36.4 Å². The number of halogens is 3. The Labute approximate surface area is 144 Å². The second-order valence-corrected chi connectivity index (χ2v) is 5.73. The first-order chi connectivity index (χ1) is 11.8. The van der Waals surface area contributed by atoms with E-state index in [0.29, 0.717) is 12.0 Å². The lowest BCUT2D eigenvalue weighted by Crippen LogP contribution is -2.26. The highest BCUT2D eigenvalue weighted by Crippen LogP contribution is 2.20. The van der Waals surface area contributed by atoms with E-state index >= 15 is 0 Å². The van der Waals surface area contributed by atoms with Crippen molar-refractivity contribution >= 4 is 5.91 Å².